The first-order chi connectivity index (χ1) is 38.5. The summed E-state index contributed by atoms with van der Waals surface area (Å²) in [6.45, 7) is 6.25. The molecule has 78 heavy (non-hydrogen) atoms. The molecule has 0 heterocycles. The summed E-state index contributed by atoms with van der Waals surface area (Å²) in [6, 6.07) is 0. The summed E-state index contributed by atoms with van der Waals surface area (Å²) < 4.78 is 16.8. The lowest BCUT2D eigenvalue weighted by Crippen LogP contribution is -2.30. The van der Waals surface area contributed by atoms with E-state index >= 15 is 0 Å². The summed E-state index contributed by atoms with van der Waals surface area (Å²) in [7, 11) is 0. The number of hydrogen-bond donors (Lipinski definition) is 0. The molecule has 0 aromatic carbocycles. The molecule has 6 nitrogen and oxygen atoms in total. The van der Waals surface area contributed by atoms with E-state index in [9.17, 15) is 14.4 Å². The van der Waals surface area contributed by atoms with Gasteiger partial charge >= 0.3 is 17.9 Å². The second-order valence-corrected chi connectivity index (χ2v) is 19.5. The van der Waals surface area contributed by atoms with E-state index in [-0.39, 0.29) is 37.5 Å². The SMILES string of the molecule is CC/C=C\C/C=C\C/C=C\C/C=C\C/C=C\C/C=C\C/C=C\C/C=C\C/C=C\CCCCCCCC(=O)OCC(COC(=O)CCCCCCC/C=C\CCC)OC(=O)CCC/C=C\C/C=C\C/C=C\C/C=C\C/C=C\CC. The molecule has 0 spiro atoms. The van der Waals surface area contributed by atoms with E-state index in [0.29, 0.717) is 19.3 Å². The summed E-state index contributed by atoms with van der Waals surface area (Å²) in [5.74, 6) is -1.02. The first-order valence-corrected chi connectivity index (χ1v) is 30.8. The minimum Gasteiger partial charge on any atom is -0.462 e. The maximum absolute atomic E-state index is 12.8. The van der Waals surface area contributed by atoms with Crippen LogP contribution in [0.3, 0.4) is 0 Å². The van der Waals surface area contributed by atoms with Crippen LogP contribution in [0.2, 0.25) is 0 Å². The van der Waals surface area contributed by atoms with Crippen LogP contribution in [0.5, 0.6) is 0 Å². The molecule has 0 bridgehead atoms. The van der Waals surface area contributed by atoms with Crippen LogP contribution in [0.25, 0.3) is 0 Å². The van der Waals surface area contributed by atoms with Gasteiger partial charge in [0.25, 0.3) is 0 Å². The molecule has 0 aliphatic heterocycles. The van der Waals surface area contributed by atoms with Crippen LogP contribution in [0.15, 0.2) is 182 Å². The standard InChI is InChI=1S/C72H110O6/c1-4-7-10-13-16-19-22-24-26-28-29-30-31-32-33-34-35-36-37-38-39-40-41-42-43-45-46-48-50-53-56-59-62-65-71(74)77-68-69(67-76-70(73)64-61-58-55-52-21-18-15-12-9-6-3)78-72(75)66-63-60-57-54-51-49-47-44-27-25-23-20-17-14-11-8-5-2/h7-8,10-12,15-17,19-20,24-27,29-30,32-33,35-36,38-39,41-42,45-47,49,54,57,69H,4-6,9,13-14,18,21-23,28,31,34,37,40,43-44,48,50-53,55-56,58-68H2,1-3H3/b10-7-,11-8-,15-12-,19-16-,20-17-,26-24-,27-25-,30-29-,33-32-,36-35-,39-38-,42-41-,46-45-,49-47-,57-54-. The lowest BCUT2D eigenvalue weighted by Gasteiger charge is -2.18. The molecule has 0 aliphatic carbocycles. The molecule has 6 heteroatoms. The fraction of sp³-hybridized carbons (Fsp3) is 0.542. The lowest BCUT2D eigenvalue weighted by molar-refractivity contribution is -0.167. The van der Waals surface area contributed by atoms with Crippen molar-refractivity contribution in [2.45, 2.75) is 239 Å². The van der Waals surface area contributed by atoms with Gasteiger partial charge in [0.05, 0.1) is 0 Å². The zero-order valence-corrected chi connectivity index (χ0v) is 49.6. The van der Waals surface area contributed by atoms with E-state index in [4.69, 9.17) is 14.2 Å². The Labute approximate surface area is 478 Å². The van der Waals surface area contributed by atoms with Gasteiger partial charge in [0.1, 0.15) is 13.2 Å². The molecule has 0 amide bonds. The van der Waals surface area contributed by atoms with Crippen LogP contribution in [0.4, 0.5) is 0 Å². The molecule has 0 fully saturated rings. The molecular weight excluding hydrogens is 961 g/mol. The summed E-state index contributed by atoms with van der Waals surface area (Å²) in [6.07, 6.45) is 96.2. The number of esters is 3. The molecule has 434 valence electrons. The van der Waals surface area contributed by atoms with E-state index in [1.165, 1.54) is 12.8 Å². The predicted molar refractivity (Wildman–Crippen MR) is 338 cm³/mol. The highest BCUT2D eigenvalue weighted by molar-refractivity contribution is 5.71. The Morgan fingerprint density at radius 2 is 0.513 bits per heavy atom. The van der Waals surface area contributed by atoms with Gasteiger partial charge in [-0.25, -0.2) is 0 Å². The van der Waals surface area contributed by atoms with Crippen molar-refractivity contribution in [1.82, 2.24) is 0 Å². The van der Waals surface area contributed by atoms with E-state index in [1.54, 1.807) is 0 Å². The molecule has 1 unspecified atom stereocenters. The number of allylic oxidation sites excluding steroid dienone is 30. The zero-order chi connectivity index (χ0) is 56.4. The van der Waals surface area contributed by atoms with Crippen molar-refractivity contribution >= 4 is 17.9 Å². The van der Waals surface area contributed by atoms with E-state index in [1.807, 2.05) is 0 Å². The fourth-order valence-corrected chi connectivity index (χ4v) is 7.59. The Morgan fingerprint density at radius 1 is 0.269 bits per heavy atom. The summed E-state index contributed by atoms with van der Waals surface area (Å²) >= 11 is 0. The zero-order valence-electron chi connectivity index (χ0n) is 49.6. The summed E-state index contributed by atoms with van der Waals surface area (Å²) in [5, 5.41) is 0. The molecule has 0 rings (SSSR count). The number of ether oxygens (including phenoxy) is 3. The van der Waals surface area contributed by atoms with Crippen molar-refractivity contribution in [3.8, 4) is 0 Å². The molecule has 0 saturated heterocycles. The monoisotopic (exact) mass is 1070 g/mol. The third-order valence-corrected chi connectivity index (χ3v) is 12.1. The normalized spacial score (nSPS) is 13.4. The van der Waals surface area contributed by atoms with Gasteiger partial charge in [-0.15, -0.1) is 0 Å². The molecule has 0 N–H and O–H groups in total. The highest BCUT2D eigenvalue weighted by Crippen LogP contribution is 2.12. The minimum absolute atomic E-state index is 0.120. The second kappa shape index (κ2) is 64.0. The van der Waals surface area contributed by atoms with Gasteiger partial charge in [-0.3, -0.25) is 14.4 Å². The van der Waals surface area contributed by atoms with Crippen LogP contribution in [-0.4, -0.2) is 37.2 Å². The van der Waals surface area contributed by atoms with Crippen LogP contribution in [-0.2, 0) is 28.6 Å². The second-order valence-electron chi connectivity index (χ2n) is 19.5. The van der Waals surface area contributed by atoms with Crippen molar-refractivity contribution in [2.24, 2.45) is 0 Å². The Balaban J connectivity index is 4.37. The Hall–Kier alpha value is -5.49. The maximum Gasteiger partial charge on any atom is 0.306 e. The van der Waals surface area contributed by atoms with Gasteiger partial charge in [0, 0.05) is 19.3 Å². The van der Waals surface area contributed by atoms with Gasteiger partial charge in [0.15, 0.2) is 6.10 Å². The van der Waals surface area contributed by atoms with Gasteiger partial charge in [-0.05, 0) is 148 Å². The Morgan fingerprint density at radius 3 is 0.833 bits per heavy atom. The van der Waals surface area contributed by atoms with Crippen LogP contribution < -0.4 is 0 Å². The number of carbonyl (C=O) groups excluding carboxylic acids is 3. The van der Waals surface area contributed by atoms with Crippen molar-refractivity contribution in [1.29, 1.82) is 0 Å². The summed E-state index contributed by atoms with van der Waals surface area (Å²) in [5.41, 5.74) is 0. The Kier molecular flexibility index (Phi) is 59.5. The maximum atomic E-state index is 12.8. The average Bonchev–Trinajstić information content (AvgIpc) is 3.44. The molecule has 0 saturated carbocycles. The molecule has 0 aromatic heterocycles. The quantitative estimate of drug-likeness (QED) is 0.0261. The minimum atomic E-state index is -0.829. The van der Waals surface area contributed by atoms with E-state index in [0.717, 1.165) is 173 Å². The lowest BCUT2D eigenvalue weighted by atomic mass is 10.1. The van der Waals surface area contributed by atoms with Gasteiger partial charge < -0.3 is 14.2 Å². The highest BCUT2D eigenvalue weighted by atomic mass is 16.6. The number of hydrogen-bond acceptors (Lipinski definition) is 6. The van der Waals surface area contributed by atoms with Crippen LogP contribution in [0, 0.1) is 0 Å². The molecule has 0 aliphatic rings. The largest absolute Gasteiger partial charge is 0.462 e. The molecule has 0 aromatic rings. The van der Waals surface area contributed by atoms with E-state index < -0.39 is 6.10 Å². The van der Waals surface area contributed by atoms with Crippen molar-refractivity contribution in [2.75, 3.05) is 13.2 Å². The third-order valence-electron chi connectivity index (χ3n) is 12.1. The first-order valence-electron chi connectivity index (χ1n) is 30.8. The number of rotatable bonds is 53. The highest BCUT2D eigenvalue weighted by Gasteiger charge is 2.19. The van der Waals surface area contributed by atoms with Gasteiger partial charge in [-0.1, -0.05) is 248 Å². The summed E-state index contributed by atoms with van der Waals surface area (Å²) in [4.78, 5) is 38.1. The molecular formula is C72H110O6. The fourth-order valence-electron chi connectivity index (χ4n) is 7.59. The first kappa shape index (κ1) is 72.5. The topological polar surface area (TPSA) is 78.9 Å². The van der Waals surface area contributed by atoms with Crippen molar-refractivity contribution < 1.29 is 28.6 Å². The van der Waals surface area contributed by atoms with Gasteiger partial charge in [0.2, 0.25) is 0 Å². The molecule has 0 radical (unpaired) electrons. The molecule has 1 atom stereocenters. The number of unbranched alkanes of at least 4 members (excludes halogenated alkanes) is 12. The van der Waals surface area contributed by atoms with Crippen LogP contribution in [0.1, 0.15) is 233 Å². The third kappa shape index (κ3) is 61.4. The Bertz CT molecular complexity index is 1850. The number of carbonyl (C=O) groups is 3. The van der Waals surface area contributed by atoms with E-state index in [2.05, 4.69) is 203 Å². The van der Waals surface area contributed by atoms with Gasteiger partial charge in [-0.2, -0.15) is 0 Å². The smallest absolute Gasteiger partial charge is 0.306 e. The average molecular weight is 1070 g/mol. The van der Waals surface area contributed by atoms with Crippen molar-refractivity contribution in [3.05, 3.63) is 182 Å². The van der Waals surface area contributed by atoms with Crippen molar-refractivity contribution in [3.63, 3.8) is 0 Å². The predicted octanol–water partition coefficient (Wildman–Crippen LogP) is 21.3. The van der Waals surface area contributed by atoms with Crippen LogP contribution >= 0.6 is 0 Å².